The third kappa shape index (κ3) is 5.47. The van der Waals surface area contributed by atoms with Crippen molar-refractivity contribution in [3.8, 4) is 5.75 Å². The Morgan fingerprint density at radius 2 is 1.50 bits per heavy atom. The molecule has 9 nitrogen and oxygen atoms in total. The number of nitrogens with zero attached hydrogens (tertiary/aromatic N) is 2. The minimum atomic E-state index is -3.86. The molecule has 0 bridgehead atoms. The van der Waals surface area contributed by atoms with Gasteiger partial charge in [0.15, 0.2) is 0 Å². The smallest absolute Gasteiger partial charge is 0.243 e. The van der Waals surface area contributed by atoms with Gasteiger partial charge in [0.25, 0.3) is 0 Å². The van der Waals surface area contributed by atoms with E-state index in [1.54, 1.807) is 0 Å². The first-order chi connectivity index (χ1) is 15.1. The molecule has 0 radical (unpaired) electrons. The summed E-state index contributed by atoms with van der Waals surface area (Å²) in [6.07, 6.45) is 2.72. The van der Waals surface area contributed by atoms with Gasteiger partial charge in [0.2, 0.25) is 26.0 Å². The van der Waals surface area contributed by atoms with Crippen LogP contribution in [0, 0.1) is 0 Å². The van der Waals surface area contributed by atoms with Gasteiger partial charge in [-0.15, -0.1) is 0 Å². The maximum atomic E-state index is 12.7. The van der Waals surface area contributed by atoms with E-state index in [2.05, 4.69) is 5.32 Å². The Kier molecular flexibility index (Phi) is 7.55. The van der Waals surface area contributed by atoms with E-state index in [4.69, 9.17) is 4.74 Å². The molecular weight excluding hydrogens is 454 g/mol. The zero-order valence-corrected chi connectivity index (χ0v) is 19.7. The van der Waals surface area contributed by atoms with Gasteiger partial charge in [-0.3, -0.25) is 4.79 Å². The van der Waals surface area contributed by atoms with Crippen molar-refractivity contribution in [3.05, 3.63) is 48.5 Å². The van der Waals surface area contributed by atoms with Crippen molar-refractivity contribution >= 4 is 31.6 Å². The predicted molar refractivity (Wildman–Crippen MR) is 120 cm³/mol. The Morgan fingerprint density at radius 3 is 2.06 bits per heavy atom. The van der Waals surface area contributed by atoms with Crippen LogP contribution in [-0.4, -0.2) is 65.1 Å². The Bertz CT molecular complexity index is 1140. The van der Waals surface area contributed by atoms with E-state index in [0.29, 0.717) is 24.5 Å². The van der Waals surface area contributed by atoms with E-state index >= 15 is 0 Å². The van der Waals surface area contributed by atoms with E-state index in [9.17, 15) is 21.6 Å². The number of ether oxygens (including phenoxy) is 1. The molecule has 2 aromatic rings. The molecule has 0 unspecified atom stereocenters. The van der Waals surface area contributed by atoms with Crippen molar-refractivity contribution in [3.63, 3.8) is 0 Å². The largest absolute Gasteiger partial charge is 0.497 e. The number of anilines is 1. The maximum absolute atomic E-state index is 12.7. The van der Waals surface area contributed by atoms with Gasteiger partial charge in [-0.2, -0.15) is 8.61 Å². The fraction of sp³-hybridized carbons (Fsp3) is 0.381. The minimum absolute atomic E-state index is 0.0425. The van der Waals surface area contributed by atoms with Crippen LogP contribution in [0.5, 0.6) is 5.75 Å². The van der Waals surface area contributed by atoms with Crippen molar-refractivity contribution in [1.82, 2.24) is 8.61 Å². The molecule has 1 N–H and O–H groups in total. The number of hydrogen-bond donors (Lipinski definition) is 1. The summed E-state index contributed by atoms with van der Waals surface area (Å²) in [4.78, 5) is 12.6. The normalized spacial score (nSPS) is 15.5. The summed E-state index contributed by atoms with van der Waals surface area (Å²) < 4.78 is 58.2. The lowest BCUT2D eigenvalue weighted by atomic mass is 10.2. The van der Waals surface area contributed by atoms with Crippen LogP contribution in [0.25, 0.3) is 0 Å². The van der Waals surface area contributed by atoms with Crippen LogP contribution in [0.2, 0.25) is 0 Å². The molecule has 1 aliphatic rings. The number of amides is 1. The van der Waals surface area contributed by atoms with Gasteiger partial charge in [-0.25, -0.2) is 16.8 Å². The molecule has 1 amide bonds. The van der Waals surface area contributed by atoms with Crippen molar-refractivity contribution in [2.75, 3.05) is 39.1 Å². The molecule has 1 heterocycles. The van der Waals surface area contributed by atoms with Gasteiger partial charge in [0.05, 0.1) is 23.4 Å². The van der Waals surface area contributed by atoms with E-state index in [-0.39, 0.29) is 9.79 Å². The average molecular weight is 482 g/mol. The van der Waals surface area contributed by atoms with E-state index in [1.807, 2.05) is 0 Å². The van der Waals surface area contributed by atoms with E-state index in [1.165, 1.54) is 67.0 Å². The van der Waals surface area contributed by atoms with Crippen LogP contribution in [0.15, 0.2) is 58.3 Å². The maximum Gasteiger partial charge on any atom is 0.243 e. The first-order valence-corrected chi connectivity index (χ1v) is 13.0. The van der Waals surface area contributed by atoms with Crippen molar-refractivity contribution in [2.24, 2.45) is 0 Å². The Hall–Kier alpha value is -2.47. The van der Waals surface area contributed by atoms with Crippen molar-refractivity contribution in [1.29, 1.82) is 0 Å². The molecule has 0 aliphatic carbocycles. The molecular formula is C21H27N3O6S2. The SMILES string of the molecule is COc1ccc(S(=O)(=O)N(C)CC(=O)Nc2ccc(S(=O)(=O)N3CCCCC3)cc2)cc1. The summed E-state index contributed by atoms with van der Waals surface area (Å²) in [5.74, 6) is -0.0219. The van der Waals surface area contributed by atoms with E-state index in [0.717, 1.165) is 23.6 Å². The molecule has 32 heavy (non-hydrogen) atoms. The minimum Gasteiger partial charge on any atom is -0.497 e. The predicted octanol–water partition coefficient (Wildman–Crippen LogP) is 2.13. The van der Waals surface area contributed by atoms with Crippen LogP contribution in [0.4, 0.5) is 5.69 Å². The number of piperidine rings is 1. The third-order valence-corrected chi connectivity index (χ3v) is 8.96. The second kappa shape index (κ2) is 9.99. The molecule has 174 valence electrons. The number of carbonyl (C=O) groups is 1. The number of likely N-dealkylation sites (N-methyl/N-ethyl adjacent to an activating group) is 1. The van der Waals surface area contributed by atoms with Crippen LogP contribution in [0.1, 0.15) is 19.3 Å². The molecule has 3 rings (SSSR count). The van der Waals surface area contributed by atoms with Crippen LogP contribution in [-0.2, 0) is 24.8 Å². The summed E-state index contributed by atoms with van der Waals surface area (Å²) in [5, 5.41) is 2.60. The second-order valence-corrected chi connectivity index (χ2v) is 11.5. The van der Waals surface area contributed by atoms with Gasteiger partial charge >= 0.3 is 0 Å². The number of hydrogen-bond acceptors (Lipinski definition) is 6. The number of sulfonamides is 2. The van der Waals surface area contributed by atoms with E-state index < -0.39 is 32.5 Å². The van der Waals surface area contributed by atoms with Gasteiger partial charge in [-0.1, -0.05) is 6.42 Å². The molecule has 0 aromatic heterocycles. The number of carbonyl (C=O) groups excluding carboxylic acids is 1. The average Bonchev–Trinajstić information content (AvgIpc) is 2.80. The molecule has 0 atom stereocenters. The van der Waals surface area contributed by atoms with Crippen LogP contribution in [0.3, 0.4) is 0 Å². The highest BCUT2D eigenvalue weighted by Gasteiger charge is 2.26. The Balaban J connectivity index is 1.62. The zero-order chi connectivity index (χ0) is 23.4. The van der Waals surface area contributed by atoms with Crippen LogP contribution >= 0.6 is 0 Å². The molecule has 11 heteroatoms. The summed E-state index contributed by atoms with van der Waals surface area (Å²) >= 11 is 0. The highest BCUT2D eigenvalue weighted by Crippen LogP contribution is 2.22. The summed E-state index contributed by atoms with van der Waals surface area (Å²) in [7, 11) is -4.62. The van der Waals surface area contributed by atoms with Gasteiger partial charge in [0.1, 0.15) is 5.75 Å². The summed E-state index contributed by atoms with van der Waals surface area (Å²) in [6.45, 7) is 0.619. The topological polar surface area (TPSA) is 113 Å². The fourth-order valence-electron chi connectivity index (χ4n) is 3.38. The quantitative estimate of drug-likeness (QED) is 0.618. The number of nitrogens with one attached hydrogen (secondary N) is 1. The molecule has 1 saturated heterocycles. The lowest BCUT2D eigenvalue weighted by Crippen LogP contribution is -2.35. The van der Waals surface area contributed by atoms with Crippen molar-refractivity contribution in [2.45, 2.75) is 29.1 Å². The van der Waals surface area contributed by atoms with Gasteiger partial charge in [0, 0.05) is 25.8 Å². The lowest BCUT2D eigenvalue weighted by Gasteiger charge is -2.25. The molecule has 2 aromatic carbocycles. The number of benzene rings is 2. The highest BCUT2D eigenvalue weighted by molar-refractivity contribution is 7.89. The first kappa shape index (κ1) is 24.2. The second-order valence-electron chi connectivity index (χ2n) is 7.47. The highest BCUT2D eigenvalue weighted by atomic mass is 32.2. The number of methoxy groups -OCH3 is 1. The molecule has 0 saturated carbocycles. The molecule has 0 spiro atoms. The Labute approximate surface area is 189 Å². The first-order valence-electron chi connectivity index (χ1n) is 10.1. The third-order valence-electron chi connectivity index (χ3n) is 5.22. The fourth-order valence-corrected chi connectivity index (χ4v) is 6.02. The summed E-state index contributed by atoms with van der Waals surface area (Å²) in [5.41, 5.74) is 0.378. The monoisotopic (exact) mass is 481 g/mol. The molecule has 1 aliphatic heterocycles. The Morgan fingerprint density at radius 1 is 0.938 bits per heavy atom. The van der Waals surface area contributed by atoms with Gasteiger partial charge < -0.3 is 10.1 Å². The zero-order valence-electron chi connectivity index (χ0n) is 18.0. The number of rotatable bonds is 8. The van der Waals surface area contributed by atoms with Crippen LogP contribution < -0.4 is 10.1 Å². The molecule has 1 fully saturated rings. The van der Waals surface area contributed by atoms with Gasteiger partial charge in [-0.05, 0) is 61.4 Å². The standard InChI is InChI=1S/C21H27N3O6S2/c1-23(31(26,27)19-12-8-18(30-2)9-13-19)16-21(25)22-17-6-10-20(11-7-17)32(28,29)24-14-4-3-5-15-24/h6-13H,3-5,14-16H2,1-2H3,(H,22,25). The lowest BCUT2D eigenvalue weighted by molar-refractivity contribution is -0.116. The summed E-state index contributed by atoms with van der Waals surface area (Å²) in [6, 6.07) is 11.7. The van der Waals surface area contributed by atoms with Crippen molar-refractivity contribution < 1.29 is 26.4 Å².